The zero-order valence-corrected chi connectivity index (χ0v) is 11.9. The SMILES string of the molecule is O=C(CC(=O)Nc1ccccn1)Nc1ccc2c(=O)[nH][nH]c2c1. The first-order valence-electron chi connectivity index (χ1n) is 6.83. The molecule has 8 heteroatoms. The van der Waals surface area contributed by atoms with Crippen LogP contribution in [0.5, 0.6) is 0 Å². The normalized spacial score (nSPS) is 10.4. The van der Waals surface area contributed by atoms with Crippen molar-refractivity contribution in [2.45, 2.75) is 6.42 Å². The summed E-state index contributed by atoms with van der Waals surface area (Å²) >= 11 is 0. The number of hydrogen-bond donors (Lipinski definition) is 4. The first-order chi connectivity index (χ1) is 11.1. The summed E-state index contributed by atoms with van der Waals surface area (Å²) in [6.07, 6.45) is 1.21. The van der Waals surface area contributed by atoms with Crippen LogP contribution < -0.4 is 16.2 Å². The van der Waals surface area contributed by atoms with Crippen LogP contribution in [0.1, 0.15) is 6.42 Å². The van der Waals surface area contributed by atoms with E-state index in [9.17, 15) is 14.4 Å². The molecule has 3 aromatic rings. The van der Waals surface area contributed by atoms with E-state index >= 15 is 0 Å². The summed E-state index contributed by atoms with van der Waals surface area (Å²) in [5.74, 6) is -0.537. The largest absolute Gasteiger partial charge is 0.326 e. The summed E-state index contributed by atoms with van der Waals surface area (Å²) < 4.78 is 0. The molecule has 0 atom stereocenters. The molecule has 4 N–H and O–H groups in total. The van der Waals surface area contributed by atoms with Crippen molar-refractivity contribution >= 4 is 34.2 Å². The Balaban J connectivity index is 1.61. The number of aromatic nitrogens is 3. The van der Waals surface area contributed by atoms with Gasteiger partial charge in [0.25, 0.3) is 5.56 Å². The molecule has 0 spiro atoms. The van der Waals surface area contributed by atoms with Crippen LogP contribution in [0.4, 0.5) is 11.5 Å². The van der Waals surface area contributed by atoms with Crippen LogP contribution in [-0.2, 0) is 9.59 Å². The topological polar surface area (TPSA) is 120 Å². The van der Waals surface area contributed by atoms with Gasteiger partial charge in [-0.2, -0.15) is 0 Å². The van der Waals surface area contributed by atoms with Crippen LogP contribution >= 0.6 is 0 Å². The van der Waals surface area contributed by atoms with Crippen LogP contribution in [0.3, 0.4) is 0 Å². The Morgan fingerprint density at radius 3 is 2.65 bits per heavy atom. The van der Waals surface area contributed by atoms with E-state index in [0.717, 1.165) is 0 Å². The van der Waals surface area contributed by atoms with Gasteiger partial charge in [-0.15, -0.1) is 0 Å². The fourth-order valence-electron chi connectivity index (χ4n) is 2.09. The number of amides is 2. The summed E-state index contributed by atoms with van der Waals surface area (Å²) in [5, 5.41) is 10.8. The van der Waals surface area contributed by atoms with Gasteiger partial charge in [0, 0.05) is 11.9 Å². The molecule has 0 saturated heterocycles. The Kier molecular flexibility index (Phi) is 3.88. The van der Waals surface area contributed by atoms with Crippen molar-refractivity contribution in [3.63, 3.8) is 0 Å². The highest BCUT2D eigenvalue weighted by atomic mass is 16.2. The molecule has 116 valence electrons. The lowest BCUT2D eigenvalue weighted by Crippen LogP contribution is -2.21. The van der Waals surface area contributed by atoms with Gasteiger partial charge < -0.3 is 10.6 Å². The van der Waals surface area contributed by atoms with Crippen molar-refractivity contribution in [1.29, 1.82) is 0 Å². The molecule has 0 unspecified atom stereocenters. The maximum atomic E-state index is 11.9. The smallest absolute Gasteiger partial charge is 0.271 e. The first kappa shape index (κ1) is 14.5. The van der Waals surface area contributed by atoms with Crippen molar-refractivity contribution in [3.05, 3.63) is 52.9 Å². The number of carbonyl (C=O) groups is 2. The van der Waals surface area contributed by atoms with Gasteiger partial charge in [0.2, 0.25) is 11.8 Å². The van der Waals surface area contributed by atoms with E-state index in [1.54, 1.807) is 42.6 Å². The third-order valence-electron chi connectivity index (χ3n) is 3.11. The van der Waals surface area contributed by atoms with E-state index in [0.29, 0.717) is 22.4 Å². The van der Waals surface area contributed by atoms with Crippen LogP contribution in [0.25, 0.3) is 10.9 Å². The second-order valence-corrected chi connectivity index (χ2v) is 4.83. The number of hydrogen-bond acceptors (Lipinski definition) is 4. The standard InChI is InChI=1S/C15H13N5O3/c21-13(8-14(22)18-12-3-1-2-6-16-12)17-9-4-5-10-11(7-9)19-20-15(10)23/h1-7H,8H2,(H,17,21)(H,16,18,22)(H2,19,20,23). The Hall–Kier alpha value is -3.42. The maximum Gasteiger partial charge on any atom is 0.271 e. The van der Waals surface area contributed by atoms with Crippen molar-refractivity contribution in [3.8, 4) is 0 Å². The van der Waals surface area contributed by atoms with Gasteiger partial charge in [-0.1, -0.05) is 6.07 Å². The molecule has 0 bridgehead atoms. The highest BCUT2D eigenvalue weighted by Gasteiger charge is 2.11. The molecule has 3 rings (SSSR count). The van der Waals surface area contributed by atoms with Crippen LogP contribution in [0, 0.1) is 0 Å². The molecule has 0 radical (unpaired) electrons. The van der Waals surface area contributed by atoms with Crippen molar-refractivity contribution < 1.29 is 9.59 Å². The number of pyridine rings is 1. The number of nitrogens with one attached hydrogen (secondary N) is 4. The van der Waals surface area contributed by atoms with Crippen molar-refractivity contribution in [1.82, 2.24) is 15.2 Å². The second kappa shape index (κ2) is 6.14. The van der Waals surface area contributed by atoms with Crippen molar-refractivity contribution in [2.75, 3.05) is 10.6 Å². The minimum atomic E-state index is -0.462. The van der Waals surface area contributed by atoms with Crippen LogP contribution in [0.15, 0.2) is 47.4 Å². The predicted molar refractivity (Wildman–Crippen MR) is 85.0 cm³/mol. The minimum absolute atomic E-state index is 0.229. The van der Waals surface area contributed by atoms with Gasteiger partial charge in [-0.3, -0.25) is 24.6 Å². The predicted octanol–water partition coefficient (Wildman–Crippen LogP) is 1.22. The van der Waals surface area contributed by atoms with Gasteiger partial charge in [-0.05, 0) is 30.3 Å². The molecule has 2 aromatic heterocycles. The quantitative estimate of drug-likeness (QED) is 0.541. The summed E-state index contributed by atoms with van der Waals surface area (Å²) in [6, 6.07) is 9.89. The van der Waals surface area contributed by atoms with E-state index < -0.39 is 11.8 Å². The summed E-state index contributed by atoms with van der Waals surface area (Å²) in [5.41, 5.74) is 0.835. The average Bonchev–Trinajstić information content (AvgIpc) is 2.89. The minimum Gasteiger partial charge on any atom is -0.326 e. The van der Waals surface area contributed by atoms with Crippen molar-refractivity contribution in [2.24, 2.45) is 0 Å². The Morgan fingerprint density at radius 1 is 1.04 bits per heavy atom. The molecular weight excluding hydrogens is 298 g/mol. The van der Waals surface area contributed by atoms with E-state index in [4.69, 9.17) is 0 Å². The first-order valence-corrected chi connectivity index (χ1v) is 6.83. The lowest BCUT2D eigenvalue weighted by Gasteiger charge is -2.06. The molecule has 0 aliphatic heterocycles. The molecular formula is C15H13N5O3. The Labute approximate surface area is 129 Å². The molecule has 23 heavy (non-hydrogen) atoms. The van der Waals surface area contributed by atoms with E-state index in [2.05, 4.69) is 25.8 Å². The zero-order chi connectivity index (χ0) is 16.2. The summed E-state index contributed by atoms with van der Waals surface area (Å²) in [7, 11) is 0. The van der Waals surface area contributed by atoms with E-state index in [1.165, 1.54) is 0 Å². The molecule has 2 amide bonds. The van der Waals surface area contributed by atoms with Gasteiger partial charge in [-0.25, -0.2) is 4.98 Å². The van der Waals surface area contributed by atoms with Crippen LogP contribution in [-0.4, -0.2) is 27.0 Å². The number of aromatic amines is 2. The highest BCUT2D eigenvalue weighted by molar-refractivity contribution is 6.08. The Morgan fingerprint density at radius 2 is 1.87 bits per heavy atom. The number of carbonyl (C=O) groups excluding carboxylic acids is 2. The number of anilines is 2. The average molecular weight is 311 g/mol. The third kappa shape index (κ3) is 3.43. The van der Waals surface area contributed by atoms with Crippen LogP contribution in [0.2, 0.25) is 0 Å². The number of rotatable bonds is 4. The second-order valence-electron chi connectivity index (χ2n) is 4.83. The van der Waals surface area contributed by atoms with Gasteiger partial charge in [0.1, 0.15) is 12.2 Å². The number of fused-ring (bicyclic) bond motifs is 1. The zero-order valence-electron chi connectivity index (χ0n) is 11.9. The number of benzene rings is 1. The highest BCUT2D eigenvalue weighted by Crippen LogP contribution is 2.14. The molecule has 0 saturated carbocycles. The number of nitrogens with zero attached hydrogens (tertiary/aromatic N) is 1. The van der Waals surface area contributed by atoms with E-state index in [1.807, 2.05) is 0 Å². The molecule has 0 fully saturated rings. The van der Waals surface area contributed by atoms with Gasteiger partial charge in [0.05, 0.1) is 10.9 Å². The van der Waals surface area contributed by atoms with E-state index in [-0.39, 0.29) is 12.0 Å². The number of H-pyrrole nitrogens is 2. The Bertz CT molecular complexity index is 914. The molecule has 0 aliphatic carbocycles. The summed E-state index contributed by atoms with van der Waals surface area (Å²) in [4.78, 5) is 39.0. The maximum absolute atomic E-state index is 11.9. The monoisotopic (exact) mass is 311 g/mol. The third-order valence-corrected chi connectivity index (χ3v) is 3.11. The molecule has 2 heterocycles. The lowest BCUT2D eigenvalue weighted by atomic mass is 10.2. The molecule has 8 nitrogen and oxygen atoms in total. The lowest BCUT2D eigenvalue weighted by molar-refractivity contribution is -0.123. The fraction of sp³-hybridized carbons (Fsp3) is 0.0667. The fourth-order valence-corrected chi connectivity index (χ4v) is 2.09. The summed E-state index contributed by atoms with van der Waals surface area (Å²) in [6.45, 7) is 0. The molecule has 0 aliphatic rings. The van der Waals surface area contributed by atoms with Gasteiger partial charge in [0.15, 0.2) is 0 Å². The molecule has 1 aromatic carbocycles. The van der Waals surface area contributed by atoms with Gasteiger partial charge >= 0.3 is 0 Å².